The van der Waals surface area contributed by atoms with Crippen molar-refractivity contribution in [3.63, 3.8) is 0 Å². The SMILES string of the molecule is CCOC(=O)c1c(C(C)C)nc(C(C)C)c(C(=O)OCC)c1-c1ccc2cccc(-c3cccs3)c2n1. The highest BCUT2D eigenvalue weighted by Crippen LogP contribution is 2.39. The Morgan fingerprint density at radius 2 is 1.43 bits per heavy atom. The minimum Gasteiger partial charge on any atom is -0.462 e. The van der Waals surface area contributed by atoms with Crippen LogP contribution in [0.15, 0.2) is 47.8 Å². The fraction of sp³-hybridized carbons (Fsp3) is 0.333. The number of carbonyl (C=O) groups is 2. The highest BCUT2D eigenvalue weighted by Gasteiger charge is 2.32. The number of benzene rings is 1. The highest BCUT2D eigenvalue weighted by atomic mass is 32.1. The lowest BCUT2D eigenvalue weighted by atomic mass is 9.88. The van der Waals surface area contributed by atoms with Crippen molar-refractivity contribution in [2.24, 2.45) is 0 Å². The summed E-state index contributed by atoms with van der Waals surface area (Å²) in [7, 11) is 0. The molecule has 3 aromatic heterocycles. The first-order valence-electron chi connectivity index (χ1n) is 12.6. The van der Waals surface area contributed by atoms with Gasteiger partial charge in [-0.25, -0.2) is 14.6 Å². The number of thiophene rings is 1. The molecule has 192 valence electrons. The molecule has 0 aliphatic heterocycles. The molecule has 1 aromatic carbocycles. The van der Waals surface area contributed by atoms with Crippen LogP contribution in [-0.2, 0) is 9.47 Å². The number of para-hydroxylation sites is 1. The summed E-state index contributed by atoms with van der Waals surface area (Å²) >= 11 is 1.64. The van der Waals surface area contributed by atoms with E-state index >= 15 is 0 Å². The van der Waals surface area contributed by atoms with E-state index in [2.05, 4.69) is 6.07 Å². The Labute approximate surface area is 221 Å². The molecule has 0 saturated carbocycles. The summed E-state index contributed by atoms with van der Waals surface area (Å²) in [5.41, 5.74) is 4.41. The number of hydrogen-bond donors (Lipinski definition) is 0. The number of nitrogens with zero attached hydrogens (tertiary/aromatic N) is 2. The Hall–Kier alpha value is -3.58. The standard InChI is InChI=1S/C30H32N2O4S/c1-7-35-29(33)24-23(25(30(34)36-8-2)27(18(5)6)32-26(24)17(3)4)21-15-14-19-11-9-12-20(28(19)31-21)22-13-10-16-37-22/h9-18H,7-8H2,1-6H3. The Bertz CT molecular complexity index is 1390. The zero-order chi connectivity index (χ0) is 26.7. The summed E-state index contributed by atoms with van der Waals surface area (Å²) in [5, 5.41) is 3.00. The maximum absolute atomic E-state index is 13.5. The molecule has 0 bridgehead atoms. The molecule has 0 saturated heterocycles. The van der Waals surface area contributed by atoms with Crippen LogP contribution in [0.1, 0.15) is 85.5 Å². The first kappa shape index (κ1) is 26.5. The number of esters is 2. The average molecular weight is 517 g/mol. The molecule has 4 rings (SSSR count). The Balaban J connectivity index is 2.15. The van der Waals surface area contributed by atoms with Crippen LogP contribution in [0.5, 0.6) is 0 Å². The molecule has 0 fully saturated rings. The predicted molar refractivity (Wildman–Crippen MR) is 148 cm³/mol. The Kier molecular flexibility index (Phi) is 8.03. The minimum absolute atomic E-state index is 0.0889. The maximum atomic E-state index is 13.5. The number of fused-ring (bicyclic) bond motifs is 1. The summed E-state index contributed by atoms with van der Waals surface area (Å²) in [5.74, 6) is -1.23. The average Bonchev–Trinajstić information content (AvgIpc) is 3.41. The molecule has 0 radical (unpaired) electrons. The zero-order valence-corrected chi connectivity index (χ0v) is 22.9. The molecule has 4 aromatic rings. The van der Waals surface area contributed by atoms with Crippen LogP contribution in [0.2, 0.25) is 0 Å². The van der Waals surface area contributed by atoms with Crippen molar-refractivity contribution in [2.75, 3.05) is 13.2 Å². The quantitative estimate of drug-likeness (QED) is 0.224. The Morgan fingerprint density at radius 3 is 1.95 bits per heavy atom. The number of rotatable bonds is 8. The summed E-state index contributed by atoms with van der Waals surface area (Å²) in [6.07, 6.45) is 0. The van der Waals surface area contributed by atoms with E-state index in [1.165, 1.54) is 0 Å². The van der Waals surface area contributed by atoms with E-state index < -0.39 is 11.9 Å². The van der Waals surface area contributed by atoms with E-state index in [-0.39, 0.29) is 36.2 Å². The van der Waals surface area contributed by atoms with Crippen LogP contribution in [-0.4, -0.2) is 35.1 Å². The van der Waals surface area contributed by atoms with Crippen molar-refractivity contribution in [2.45, 2.75) is 53.4 Å². The predicted octanol–water partition coefficient (Wildman–Crippen LogP) is 7.63. The van der Waals surface area contributed by atoms with Gasteiger partial charge in [0.15, 0.2) is 0 Å². The number of hydrogen-bond acceptors (Lipinski definition) is 7. The molecule has 37 heavy (non-hydrogen) atoms. The number of carbonyl (C=O) groups excluding carboxylic acids is 2. The summed E-state index contributed by atoms with van der Waals surface area (Å²) in [6, 6.07) is 13.9. The van der Waals surface area contributed by atoms with Crippen molar-refractivity contribution in [3.05, 3.63) is 70.4 Å². The third kappa shape index (κ3) is 5.14. The first-order chi connectivity index (χ1) is 17.8. The molecule has 7 heteroatoms. The van der Waals surface area contributed by atoms with Gasteiger partial charge in [0.2, 0.25) is 0 Å². The lowest BCUT2D eigenvalue weighted by Gasteiger charge is -2.23. The van der Waals surface area contributed by atoms with Gasteiger partial charge in [0, 0.05) is 21.4 Å². The molecule has 3 heterocycles. The van der Waals surface area contributed by atoms with Crippen molar-refractivity contribution in [3.8, 4) is 21.7 Å². The van der Waals surface area contributed by atoms with E-state index in [4.69, 9.17) is 19.4 Å². The van der Waals surface area contributed by atoms with Crippen LogP contribution >= 0.6 is 11.3 Å². The van der Waals surface area contributed by atoms with E-state index in [0.29, 0.717) is 22.6 Å². The summed E-state index contributed by atoms with van der Waals surface area (Å²) < 4.78 is 11.0. The molecule has 0 amide bonds. The van der Waals surface area contributed by atoms with E-state index in [1.807, 2.05) is 69.5 Å². The third-order valence-electron chi connectivity index (χ3n) is 6.07. The fourth-order valence-electron chi connectivity index (χ4n) is 4.45. The molecule has 0 aliphatic rings. The molecule has 6 nitrogen and oxygen atoms in total. The van der Waals surface area contributed by atoms with Gasteiger partial charge in [0.25, 0.3) is 0 Å². The van der Waals surface area contributed by atoms with Gasteiger partial charge >= 0.3 is 11.9 Å². The minimum atomic E-state index is -0.525. The summed E-state index contributed by atoms with van der Waals surface area (Å²) in [4.78, 5) is 37.9. The lowest BCUT2D eigenvalue weighted by molar-refractivity contribution is 0.0523. The van der Waals surface area contributed by atoms with Crippen molar-refractivity contribution >= 4 is 34.2 Å². The van der Waals surface area contributed by atoms with E-state index in [1.54, 1.807) is 25.2 Å². The molecular formula is C30H32N2O4S. The maximum Gasteiger partial charge on any atom is 0.340 e. The largest absolute Gasteiger partial charge is 0.462 e. The smallest absolute Gasteiger partial charge is 0.340 e. The van der Waals surface area contributed by atoms with Crippen LogP contribution in [0.4, 0.5) is 0 Å². The fourth-order valence-corrected chi connectivity index (χ4v) is 5.20. The number of aromatic nitrogens is 2. The highest BCUT2D eigenvalue weighted by molar-refractivity contribution is 7.13. The lowest BCUT2D eigenvalue weighted by Crippen LogP contribution is -2.21. The van der Waals surface area contributed by atoms with Gasteiger partial charge in [0.05, 0.1) is 46.9 Å². The Morgan fingerprint density at radius 1 is 0.811 bits per heavy atom. The van der Waals surface area contributed by atoms with Crippen LogP contribution < -0.4 is 0 Å². The van der Waals surface area contributed by atoms with Crippen LogP contribution in [0.25, 0.3) is 32.6 Å². The van der Waals surface area contributed by atoms with E-state index in [9.17, 15) is 9.59 Å². The molecule has 0 N–H and O–H groups in total. The van der Waals surface area contributed by atoms with Gasteiger partial charge in [0.1, 0.15) is 0 Å². The monoisotopic (exact) mass is 516 g/mol. The van der Waals surface area contributed by atoms with Crippen molar-refractivity contribution in [1.29, 1.82) is 0 Å². The van der Waals surface area contributed by atoms with Crippen molar-refractivity contribution in [1.82, 2.24) is 9.97 Å². The van der Waals surface area contributed by atoms with Gasteiger partial charge in [-0.2, -0.15) is 0 Å². The van der Waals surface area contributed by atoms with Gasteiger partial charge < -0.3 is 9.47 Å². The van der Waals surface area contributed by atoms with Gasteiger partial charge in [-0.05, 0) is 43.2 Å². The van der Waals surface area contributed by atoms with E-state index in [0.717, 1.165) is 21.3 Å². The molecule has 0 aliphatic carbocycles. The van der Waals surface area contributed by atoms with Crippen LogP contribution in [0, 0.1) is 0 Å². The van der Waals surface area contributed by atoms with Gasteiger partial charge in [-0.3, -0.25) is 4.98 Å². The number of ether oxygens (including phenoxy) is 2. The zero-order valence-electron chi connectivity index (χ0n) is 22.1. The number of pyridine rings is 2. The third-order valence-corrected chi connectivity index (χ3v) is 6.97. The van der Waals surface area contributed by atoms with Gasteiger partial charge in [-0.15, -0.1) is 11.3 Å². The topological polar surface area (TPSA) is 78.4 Å². The first-order valence-corrected chi connectivity index (χ1v) is 13.5. The second kappa shape index (κ2) is 11.2. The van der Waals surface area contributed by atoms with Gasteiger partial charge in [-0.1, -0.05) is 58.0 Å². The second-order valence-electron chi connectivity index (χ2n) is 9.31. The molecule has 0 spiro atoms. The normalized spacial score (nSPS) is 11.4. The summed E-state index contributed by atoms with van der Waals surface area (Å²) in [6.45, 7) is 11.8. The molecule has 0 atom stereocenters. The molecule has 0 unspecified atom stereocenters. The second-order valence-corrected chi connectivity index (χ2v) is 10.3. The molecular weight excluding hydrogens is 484 g/mol. The van der Waals surface area contributed by atoms with Crippen molar-refractivity contribution < 1.29 is 19.1 Å². The van der Waals surface area contributed by atoms with Crippen LogP contribution in [0.3, 0.4) is 0 Å².